The highest BCUT2D eigenvalue weighted by molar-refractivity contribution is 8.13. The molecule has 0 fully saturated rings. The predicted molar refractivity (Wildman–Crippen MR) is 76.9 cm³/mol. The fourth-order valence-electron chi connectivity index (χ4n) is 1.56. The van der Waals surface area contributed by atoms with Crippen molar-refractivity contribution in [3.05, 3.63) is 22.4 Å². The van der Waals surface area contributed by atoms with Gasteiger partial charge < -0.3 is 4.74 Å². The first-order chi connectivity index (χ1) is 8.58. The number of ether oxygens (including phenoxy) is 1. The Morgan fingerprint density at radius 1 is 1.17 bits per heavy atom. The molecular formula is C12H19ClO3S2. The van der Waals surface area contributed by atoms with Crippen LogP contribution in [-0.2, 0) is 20.2 Å². The molecule has 3 nitrogen and oxygen atoms in total. The van der Waals surface area contributed by atoms with Crippen LogP contribution in [0.5, 0.6) is 0 Å². The van der Waals surface area contributed by atoms with Crippen molar-refractivity contribution in [2.45, 2.75) is 32.1 Å². The Bertz CT molecular complexity index is 401. The molecule has 0 aliphatic carbocycles. The van der Waals surface area contributed by atoms with Crippen LogP contribution in [0.15, 0.2) is 17.5 Å². The Labute approximate surface area is 118 Å². The van der Waals surface area contributed by atoms with Crippen molar-refractivity contribution < 1.29 is 13.2 Å². The van der Waals surface area contributed by atoms with Crippen molar-refractivity contribution in [1.29, 1.82) is 0 Å². The molecule has 0 saturated heterocycles. The molecule has 0 spiro atoms. The highest BCUT2D eigenvalue weighted by Crippen LogP contribution is 2.09. The van der Waals surface area contributed by atoms with Crippen LogP contribution in [0.2, 0.25) is 0 Å². The molecule has 1 rings (SSSR count). The molecule has 6 heteroatoms. The SMILES string of the molecule is O=S(=O)(Cl)CCCCCCOCCc1cccs1. The number of halogens is 1. The van der Waals surface area contributed by atoms with E-state index in [1.165, 1.54) is 4.88 Å². The summed E-state index contributed by atoms with van der Waals surface area (Å²) in [6, 6.07) is 4.16. The van der Waals surface area contributed by atoms with E-state index in [0.717, 1.165) is 38.9 Å². The van der Waals surface area contributed by atoms with Crippen molar-refractivity contribution in [1.82, 2.24) is 0 Å². The van der Waals surface area contributed by atoms with Crippen LogP contribution in [0.1, 0.15) is 30.6 Å². The van der Waals surface area contributed by atoms with Gasteiger partial charge in [0.1, 0.15) is 0 Å². The third-order valence-corrected chi connectivity index (χ3v) is 4.68. The van der Waals surface area contributed by atoms with Gasteiger partial charge in [-0.25, -0.2) is 8.42 Å². The lowest BCUT2D eigenvalue weighted by Gasteiger charge is -2.03. The van der Waals surface area contributed by atoms with Crippen LogP contribution in [0.3, 0.4) is 0 Å². The maximum atomic E-state index is 10.7. The first-order valence-corrected chi connectivity index (χ1v) is 9.46. The first kappa shape index (κ1) is 16.0. The molecule has 0 aromatic carbocycles. The van der Waals surface area contributed by atoms with Crippen molar-refractivity contribution in [2.75, 3.05) is 19.0 Å². The number of rotatable bonds is 10. The second-order valence-corrected chi connectivity index (χ2v) is 8.03. The molecule has 0 aliphatic heterocycles. The summed E-state index contributed by atoms with van der Waals surface area (Å²) in [6.45, 7) is 1.51. The van der Waals surface area contributed by atoms with Gasteiger partial charge in [-0.05, 0) is 24.3 Å². The van der Waals surface area contributed by atoms with Crippen LogP contribution >= 0.6 is 22.0 Å². The topological polar surface area (TPSA) is 43.4 Å². The number of hydrogen-bond acceptors (Lipinski definition) is 4. The van der Waals surface area contributed by atoms with Gasteiger partial charge in [0.25, 0.3) is 0 Å². The Hall–Kier alpha value is -0.100. The molecule has 0 amide bonds. The lowest BCUT2D eigenvalue weighted by atomic mass is 10.2. The fraction of sp³-hybridized carbons (Fsp3) is 0.667. The van der Waals surface area contributed by atoms with Crippen molar-refractivity contribution in [3.63, 3.8) is 0 Å². The lowest BCUT2D eigenvalue weighted by Crippen LogP contribution is -2.00. The maximum Gasteiger partial charge on any atom is 0.232 e. The Balaban J connectivity index is 1.84. The van der Waals surface area contributed by atoms with Crippen LogP contribution in [0.25, 0.3) is 0 Å². The molecule has 104 valence electrons. The smallest absolute Gasteiger partial charge is 0.232 e. The standard InChI is InChI=1S/C12H19ClO3S2/c13-18(14,15)11-4-2-1-3-8-16-9-7-12-6-5-10-17-12/h5-6,10H,1-4,7-9,11H2. The van der Waals surface area contributed by atoms with Gasteiger partial charge in [0.15, 0.2) is 0 Å². The molecule has 1 aromatic rings. The first-order valence-electron chi connectivity index (χ1n) is 6.10. The van der Waals surface area contributed by atoms with Gasteiger partial charge in [0.2, 0.25) is 9.05 Å². The minimum atomic E-state index is -3.31. The zero-order chi connectivity index (χ0) is 13.3. The van der Waals surface area contributed by atoms with E-state index in [4.69, 9.17) is 15.4 Å². The Kier molecular flexibility index (Phi) is 7.90. The predicted octanol–water partition coefficient (Wildman–Crippen LogP) is 3.44. The lowest BCUT2D eigenvalue weighted by molar-refractivity contribution is 0.133. The highest BCUT2D eigenvalue weighted by atomic mass is 35.7. The summed E-state index contributed by atoms with van der Waals surface area (Å²) >= 11 is 1.75. The van der Waals surface area contributed by atoms with E-state index in [9.17, 15) is 8.42 Å². The van der Waals surface area contributed by atoms with Gasteiger partial charge >= 0.3 is 0 Å². The Morgan fingerprint density at radius 2 is 1.94 bits per heavy atom. The van der Waals surface area contributed by atoms with E-state index in [1.54, 1.807) is 11.3 Å². The van der Waals surface area contributed by atoms with Crippen LogP contribution < -0.4 is 0 Å². The third-order valence-electron chi connectivity index (χ3n) is 2.50. The van der Waals surface area contributed by atoms with Crippen LogP contribution in [0, 0.1) is 0 Å². The fourth-order valence-corrected chi connectivity index (χ4v) is 3.13. The van der Waals surface area contributed by atoms with Gasteiger partial charge in [-0.2, -0.15) is 0 Å². The minimum Gasteiger partial charge on any atom is -0.381 e. The molecular weight excluding hydrogens is 292 g/mol. The molecule has 1 heterocycles. The van der Waals surface area contributed by atoms with Gasteiger partial charge in [-0.3, -0.25) is 0 Å². The summed E-state index contributed by atoms with van der Waals surface area (Å²) in [5.74, 6) is 0.0772. The third kappa shape index (κ3) is 8.91. The largest absolute Gasteiger partial charge is 0.381 e. The minimum absolute atomic E-state index is 0.0772. The second kappa shape index (κ2) is 8.91. The number of hydrogen-bond donors (Lipinski definition) is 0. The molecule has 18 heavy (non-hydrogen) atoms. The van der Waals surface area contributed by atoms with Gasteiger partial charge in [-0.1, -0.05) is 18.9 Å². The molecule has 0 saturated carbocycles. The van der Waals surface area contributed by atoms with Crippen molar-refractivity contribution >= 4 is 31.1 Å². The van der Waals surface area contributed by atoms with E-state index in [-0.39, 0.29) is 5.75 Å². The summed E-state index contributed by atoms with van der Waals surface area (Å²) < 4.78 is 26.8. The van der Waals surface area contributed by atoms with Crippen LogP contribution in [0.4, 0.5) is 0 Å². The average Bonchev–Trinajstić information content (AvgIpc) is 2.78. The van der Waals surface area contributed by atoms with Crippen molar-refractivity contribution in [2.24, 2.45) is 0 Å². The molecule has 1 aromatic heterocycles. The van der Waals surface area contributed by atoms with Gasteiger partial charge in [-0.15, -0.1) is 11.3 Å². The van der Waals surface area contributed by atoms with E-state index >= 15 is 0 Å². The van der Waals surface area contributed by atoms with Crippen LogP contribution in [-0.4, -0.2) is 27.4 Å². The molecule has 0 atom stereocenters. The van der Waals surface area contributed by atoms with E-state index in [1.807, 2.05) is 6.07 Å². The maximum absolute atomic E-state index is 10.7. The van der Waals surface area contributed by atoms with Crippen molar-refractivity contribution in [3.8, 4) is 0 Å². The second-order valence-electron chi connectivity index (χ2n) is 4.10. The molecule has 0 N–H and O–H groups in total. The molecule has 0 radical (unpaired) electrons. The quantitative estimate of drug-likeness (QED) is 0.491. The normalized spacial score (nSPS) is 11.8. The van der Waals surface area contributed by atoms with E-state index in [2.05, 4.69) is 11.4 Å². The number of unbranched alkanes of at least 4 members (excludes halogenated alkanes) is 3. The van der Waals surface area contributed by atoms with E-state index in [0.29, 0.717) is 6.42 Å². The van der Waals surface area contributed by atoms with Gasteiger partial charge in [0, 0.05) is 28.6 Å². The summed E-state index contributed by atoms with van der Waals surface area (Å²) in [7, 11) is 1.80. The number of thiophene rings is 1. The zero-order valence-electron chi connectivity index (χ0n) is 10.3. The summed E-state index contributed by atoms with van der Waals surface area (Å²) in [5.41, 5.74) is 0. The molecule has 0 bridgehead atoms. The summed E-state index contributed by atoms with van der Waals surface area (Å²) in [4.78, 5) is 1.35. The molecule has 0 aliphatic rings. The summed E-state index contributed by atoms with van der Waals surface area (Å²) in [6.07, 6.45) is 4.47. The van der Waals surface area contributed by atoms with Gasteiger partial charge in [0.05, 0.1) is 12.4 Å². The monoisotopic (exact) mass is 310 g/mol. The highest BCUT2D eigenvalue weighted by Gasteiger charge is 2.03. The molecule has 0 unspecified atom stereocenters. The average molecular weight is 311 g/mol. The summed E-state index contributed by atoms with van der Waals surface area (Å²) in [5, 5.41) is 2.07. The van der Waals surface area contributed by atoms with E-state index < -0.39 is 9.05 Å². The Morgan fingerprint density at radius 3 is 2.61 bits per heavy atom. The zero-order valence-corrected chi connectivity index (χ0v) is 12.7.